The second-order valence-electron chi connectivity index (χ2n) is 5.80. The Hall–Kier alpha value is -2.12. The van der Waals surface area contributed by atoms with E-state index < -0.39 is 41.4 Å². The molecule has 0 aromatic rings. The monoisotopic (exact) mass is 297 g/mol. The van der Waals surface area contributed by atoms with Crippen molar-refractivity contribution in [3.05, 3.63) is 0 Å². The summed E-state index contributed by atoms with van der Waals surface area (Å²) in [5.41, 5.74) is -2.25. The standard InChI is InChI=1S/C13H19N3O5/c1-3-12(2)9(18)16(11(21)15-12)7-8(17)14-13(10(19)20)5-4-6-13/h3-7H2,1-2H3,(H,14,17)(H,15,21)(H,19,20). The SMILES string of the molecule is CCC1(C)NC(=O)N(CC(=O)NC2(C(=O)O)CCC2)C1=O. The average molecular weight is 297 g/mol. The van der Waals surface area contributed by atoms with Crippen LogP contribution >= 0.6 is 0 Å². The van der Waals surface area contributed by atoms with Crippen LogP contribution in [0.5, 0.6) is 0 Å². The Labute approximate surface area is 121 Å². The number of hydrogen-bond acceptors (Lipinski definition) is 4. The van der Waals surface area contributed by atoms with Crippen LogP contribution in [0, 0.1) is 0 Å². The Morgan fingerprint density at radius 3 is 2.38 bits per heavy atom. The van der Waals surface area contributed by atoms with E-state index in [9.17, 15) is 19.2 Å². The Morgan fingerprint density at radius 2 is 2.00 bits per heavy atom. The summed E-state index contributed by atoms with van der Waals surface area (Å²) in [7, 11) is 0. The number of hydrogen-bond donors (Lipinski definition) is 3. The lowest BCUT2D eigenvalue weighted by Gasteiger charge is -2.38. The highest BCUT2D eigenvalue weighted by Crippen LogP contribution is 2.32. The predicted octanol–water partition coefficient (Wildman–Crippen LogP) is -0.170. The third-order valence-corrected chi connectivity index (χ3v) is 4.35. The summed E-state index contributed by atoms with van der Waals surface area (Å²) in [6.07, 6.45) is 1.86. The molecule has 1 unspecified atom stereocenters. The minimum absolute atomic E-state index is 0.362. The number of carboxylic acid groups (broad SMARTS) is 1. The van der Waals surface area contributed by atoms with Crippen LogP contribution < -0.4 is 10.6 Å². The lowest BCUT2D eigenvalue weighted by Crippen LogP contribution is -2.60. The van der Waals surface area contributed by atoms with E-state index in [0.717, 1.165) is 11.3 Å². The van der Waals surface area contributed by atoms with Gasteiger partial charge in [0.1, 0.15) is 17.6 Å². The zero-order valence-electron chi connectivity index (χ0n) is 12.1. The summed E-state index contributed by atoms with van der Waals surface area (Å²) in [4.78, 5) is 47.9. The van der Waals surface area contributed by atoms with Crippen LogP contribution in [0.2, 0.25) is 0 Å². The fraction of sp³-hybridized carbons (Fsp3) is 0.692. The predicted molar refractivity (Wildman–Crippen MR) is 71.3 cm³/mol. The molecule has 0 radical (unpaired) electrons. The first-order valence-electron chi connectivity index (χ1n) is 6.92. The number of carboxylic acids is 1. The lowest BCUT2D eigenvalue weighted by atomic mass is 9.77. The summed E-state index contributed by atoms with van der Waals surface area (Å²) < 4.78 is 0. The summed E-state index contributed by atoms with van der Waals surface area (Å²) in [6.45, 7) is 2.89. The van der Waals surface area contributed by atoms with E-state index in [0.29, 0.717) is 19.3 Å². The zero-order valence-corrected chi connectivity index (χ0v) is 12.1. The lowest BCUT2D eigenvalue weighted by molar-refractivity contribution is -0.152. The van der Waals surface area contributed by atoms with Gasteiger partial charge in [0.2, 0.25) is 5.91 Å². The average Bonchev–Trinajstić information content (AvgIpc) is 2.58. The summed E-state index contributed by atoms with van der Waals surface area (Å²) in [5.74, 6) is -2.19. The molecule has 116 valence electrons. The number of nitrogens with one attached hydrogen (secondary N) is 2. The van der Waals surface area contributed by atoms with Crippen molar-refractivity contribution < 1.29 is 24.3 Å². The van der Waals surface area contributed by atoms with Crippen LogP contribution in [0.4, 0.5) is 4.79 Å². The Kier molecular flexibility index (Phi) is 3.65. The van der Waals surface area contributed by atoms with Gasteiger partial charge in [-0.15, -0.1) is 0 Å². The molecule has 2 fully saturated rings. The van der Waals surface area contributed by atoms with E-state index >= 15 is 0 Å². The molecule has 4 amide bonds. The molecule has 1 atom stereocenters. The van der Waals surface area contributed by atoms with Gasteiger partial charge in [0.25, 0.3) is 5.91 Å². The number of carbonyl (C=O) groups excluding carboxylic acids is 3. The van der Waals surface area contributed by atoms with Crippen LogP contribution in [0.15, 0.2) is 0 Å². The van der Waals surface area contributed by atoms with Crippen molar-refractivity contribution in [2.24, 2.45) is 0 Å². The number of aliphatic carboxylic acids is 1. The number of carbonyl (C=O) groups is 4. The zero-order chi connectivity index (χ0) is 15.8. The number of imide groups is 1. The van der Waals surface area contributed by atoms with E-state index in [-0.39, 0.29) is 0 Å². The molecule has 1 saturated heterocycles. The molecule has 0 aromatic heterocycles. The molecule has 8 heteroatoms. The molecule has 1 aliphatic heterocycles. The molecule has 0 spiro atoms. The Balaban J connectivity index is 2.02. The van der Waals surface area contributed by atoms with E-state index in [1.54, 1.807) is 13.8 Å². The highest BCUT2D eigenvalue weighted by molar-refractivity contribution is 6.09. The van der Waals surface area contributed by atoms with Gasteiger partial charge in [-0.1, -0.05) is 6.92 Å². The molecule has 8 nitrogen and oxygen atoms in total. The van der Waals surface area contributed by atoms with Crippen molar-refractivity contribution in [3.63, 3.8) is 0 Å². The van der Waals surface area contributed by atoms with Gasteiger partial charge < -0.3 is 15.7 Å². The van der Waals surface area contributed by atoms with Gasteiger partial charge in [-0.3, -0.25) is 14.5 Å². The quantitative estimate of drug-likeness (QED) is 0.609. The van der Waals surface area contributed by atoms with Crippen LogP contribution in [0.3, 0.4) is 0 Å². The molecule has 1 aliphatic carbocycles. The third-order valence-electron chi connectivity index (χ3n) is 4.35. The Morgan fingerprint density at radius 1 is 1.38 bits per heavy atom. The van der Waals surface area contributed by atoms with Crippen LogP contribution in [0.25, 0.3) is 0 Å². The molecule has 0 bridgehead atoms. The van der Waals surface area contributed by atoms with Gasteiger partial charge in [-0.2, -0.15) is 0 Å². The highest BCUT2D eigenvalue weighted by atomic mass is 16.4. The maximum absolute atomic E-state index is 12.1. The maximum Gasteiger partial charge on any atom is 0.329 e. The van der Waals surface area contributed by atoms with Gasteiger partial charge in [-0.05, 0) is 32.6 Å². The smallest absolute Gasteiger partial charge is 0.329 e. The van der Waals surface area contributed by atoms with Crippen LogP contribution in [-0.2, 0) is 14.4 Å². The molecule has 3 N–H and O–H groups in total. The normalized spacial score (nSPS) is 27.0. The third kappa shape index (κ3) is 2.45. The minimum Gasteiger partial charge on any atom is -0.480 e. The first-order valence-corrected chi connectivity index (χ1v) is 6.92. The topological polar surface area (TPSA) is 116 Å². The first-order chi connectivity index (χ1) is 9.74. The summed E-state index contributed by atoms with van der Waals surface area (Å²) >= 11 is 0. The molecule has 21 heavy (non-hydrogen) atoms. The van der Waals surface area contributed by atoms with Crippen molar-refractivity contribution in [2.75, 3.05) is 6.54 Å². The van der Waals surface area contributed by atoms with Crippen molar-refractivity contribution in [2.45, 2.75) is 50.6 Å². The van der Waals surface area contributed by atoms with Crippen molar-refractivity contribution >= 4 is 23.8 Å². The molecular weight excluding hydrogens is 278 g/mol. The first kappa shape index (κ1) is 15.3. The maximum atomic E-state index is 12.1. The Bertz CT molecular complexity index is 514. The number of urea groups is 1. The van der Waals surface area contributed by atoms with E-state index in [2.05, 4.69) is 10.6 Å². The molecule has 0 aromatic carbocycles. The largest absolute Gasteiger partial charge is 0.480 e. The van der Waals surface area contributed by atoms with E-state index in [4.69, 9.17) is 5.11 Å². The van der Waals surface area contributed by atoms with Gasteiger partial charge in [-0.25, -0.2) is 9.59 Å². The van der Waals surface area contributed by atoms with Crippen molar-refractivity contribution in [1.29, 1.82) is 0 Å². The van der Waals surface area contributed by atoms with Gasteiger partial charge >= 0.3 is 12.0 Å². The molecule has 1 saturated carbocycles. The van der Waals surface area contributed by atoms with Crippen LogP contribution in [0.1, 0.15) is 39.5 Å². The number of rotatable bonds is 5. The molecule has 1 heterocycles. The van der Waals surface area contributed by atoms with Crippen LogP contribution in [-0.4, -0.2) is 51.4 Å². The summed E-state index contributed by atoms with van der Waals surface area (Å²) in [6, 6.07) is -0.627. The van der Waals surface area contributed by atoms with Crippen molar-refractivity contribution in [3.8, 4) is 0 Å². The molecule has 2 rings (SSSR count). The van der Waals surface area contributed by atoms with Crippen molar-refractivity contribution in [1.82, 2.24) is 15.5 Å². The molecule has 2 aliphatic rings. The molecular formula is C13H19N3O5. The van der Waals surface area contributed by atoms with E-state index in [1.807, 2.05) is 0 Å². The van der Waals surface area contributed by atoms with Gasteiger partial charge in [0, 0.05) is 0 Å². The fourth-order valence-electron chi connectivity index (χ4n) is 2.50. The van der Waals surface area contributed by atoms with Gasteiger partial charge in [0.15, 0.2) is 0 Å². The minimum atomic E-state index is -1.25. The van der Waals surface area contributed by atoms with E-state index in [1.165, 1.54) is 0 Å². The summed E-state index contributed by atoms with van der Waals surface area (Å²) in [5, 5.41) is 14.1. The fourth-order valence-corrected chi connectivity index (χ4v) is 2.50. The highest BCUT2D eigenvalue weighted by Gasteiger charge is 2.49. The number of nitrogens with zero attached hydrogens (tertiary/aromatic N) is 1. The number of amides is 4. The second-order valence-corrected chi connectivity index (χ2v) is 5.80. The van der Waals surface area contributed by atoms with Gasteiger partial charge in [0.05, 0.1) is 0 Å². The second kappa shape index (κ2) is 5.01.